The number of benzene rings is 2. The van der Waals surface area contributed by atoms with E-state index >= 15 is 0 Å². The van der Waals surface area contributed by atoms with Crippen LogP contribution in [0.1, 0.15) is 22.8 Å². The topological polar surface area (TPSA) is 101 Å². The molecule has 1 heterocycles. The van der Waals surface area contributed by atoms with Gasteiger partial charge in [0.05, 0.1) is 26.9 Å². The summed E-state index contributed by atoms with van der Waals surface area (Å²) in [6.07, 6.45) is 0.534. The number of carbonyl (C=O) groups is 2. The normalized spacial score (nSPS) is 14.8. The smallest absolute Gasteiger partial charge is 0.344 e. The Kier molecular flexibility index (Phi) is 5.63. The lowest BCUT2D eigenvalue weighted by molar-refractivity contribution is -0.144. The minimum absolute atomic E-state index is 0.109. The van der Waals surface area contributed by atoms with Crippen molar-refractivity contribution < 1.29 is 38.4 Å². The first-order valence-electron chi connectivity index (χ1n) is 8.65. The molecule has 0 fully saturated rings. The summed E-state index contributed by atoms with van der Waals surface area (Å²) in [6, 6.07) is 7.94. The van der Waals surface area contributed by atoms with Gasteiger partial charge < -0.3 is 28.8 Å². The summed E-state index contributed by atoms with van der Waals surface area (Å²) in [4.78, 5) is 23.6. The van der Waals surface area contributed by atoms with Crippen LogP contribution in [0.25, 0.3) is 6.08 Å². The van der Waals surface area contributed by atoms with Gasteiger partial charge in [-0.15, -0.1) is 0 Å². The van der Waals surface area contributed by atoms with Gasteiger partial charge in [0.2, 0.25) is 11.5 Å². The highest BCUT2D eigenvalue weighted by Crippen LogP contribution is 2.40. The van der Waals surface area contributed by atoms with Crippen molar-refractivity contribution in [2.75, 3.05) is 21.3 Å². The number of methoxy groups -OCH3 is 3. The highest BCUT2D eigenvalue weighted by molar-refractivity contribution is 6.14. The van der Waals surface area contributed by atoms with Crippen molar-refractivity contribution in [2.24, 2.45) is 0 Å². The molecule has 8 heteroatoms. The summed E-state index contributed by atoms with van der Waals surface area (Å²) in [6.45, 7) is 1.41. The minimum atomic E-state index is -1.09. The lowest BCUT2D eigenvalue weighted by atomic mass is 10.1. The molecule has 2 aromatic carbocycles. The molecule has 1 aliphatic rings. The Balaban J connectivity index is 1.91. The number of ether oxygens (including phenoxy) is 5. The van der Waals surface area contributed by atoms with E-state index in [-0.39, 0.29) is 11.5 Å². The molecule has 0 saturated heterocycles. The van der Waals surface area contributed by atoms with Crippen molar-refractivity contribution in [2.45, 2.75) is 13.0 Å². The molecule has 0 aromatic heterocycles. The molecule has 0 aliphatic carbocycles. The SMILES string of the molecule is COc1cc(C=C2Oc3cc(O[C@H](C)C(=O)O)ccc3C2=O)cc(OC)c1OC. The molecule has 29 heavy (non-hydrogen) atoms. The predicted molar refractivity (Wildman–Crippen MR) is 103 cm³/mol. The fraction of sp³-hybridized carbons (Fsp3) is 0.238. The summed E-state index contributed by atoms with van der Waals surface area (Å²) in [5, 5.41) is 8.96. The van der Waals surface area contributed by atoms with Gasteiger partial charge in [0.25, 0.3) is 0 Å². The van der Waals surface area contributed by atoms with E-state index in [4.69, 9.17) is 28.8 Å². The third kappa shape index (κ3) is 3.96. The molecule has 0 amide bonds. The van der Waals surface area contributed by atoms with E-state index in [2.05, 4.69) is 0 Å². The Bertz CT molecular complexity index is 967. The molecule has 2 aromatic rings. The maximum absolute atomic E-state index is 12.7. The average Bonchev–Trinajstić information content (AvgIpc) is 3.01. The summed E-state index contributed by atoms with van der Waals surface area (Å²) in [7, 11) is 4.51. The van der Waals surface area contributed by atoms with Gasteiger partial charge in [-0.2, -0.15) is 0 Å². The zero-order chi connectivity index (χ0) is 21.1. The maximum Gasteiger partial charge on any atom is 0.344 e. The third-order valence-corrected chi connectivity index (χ3v) is 4.29. The Hall–Kier alpha value is -3.68. The Morgan fingerprint density at radius 1 is 1.07 bits per heavy atom. The number of hydrogen-bond acceptors (Lipinski definition) is 7. The highest BCUT2D eigenvalue weighted by atomic mass is 16.5. The maximum atomic E-state index is 12.7. The van der Waals surface area contributed by atoms with E-state index in [1.165, 1.54) is 46.5 Å². The van der Waals surface area contributed by atoms with Crippen LogP contribution in [-0.2, 0) is 4.79 Å². The van der Waals surface area contributed by atoms with E-state index in [1.54, 1.807) is 18.2 Å². The van der Waals surface area contributed by atoms with E-state index in [0.717, 1.165) is 0 Å². The van der Waals surface area contributed by atoms with Gasteiger partial charge in [0.1, 0.15) is 11.5 Å². The van der Waals surface area contributed by atoms with Gasteiger partial charge in [0, 0.05) is 6.07 Å². The number of fused-ring (bicyclic) bond motifs is 1. The summed E-state index contributed by atoms with van der Waals surface area (Å²) in [5.41, 5.74) is 0.977. The van der Waals surface area contributed by atoms with Crippen LogP contribution in [-0.4, -0.2) is 44.3 Å². The number of hydrogen-bond donors (Lipinski definition) is 1. The molecule has 152 valence electrons. The average molecular weight is 400 g/mol. The quantitative estimate of drug-likeness (QED) is 0.708. The predicted octanol–water partition coefficient (Wildman–Crippen LogP) is 3.18. The molecule has 8 nitrogen and oxygen atoms in total. The van der Waals surface area contributed by atoms with Crippen LogP contribution >= 0.6 is 0 Å². The van der Waals surface area contributed by atoms with E-state index in [9.17, 15) is 9.59 Å². The summed E-state index contributed by atoms with van der Waals surface area (Å²) >= 11 is 0. The molecule has 0 bridgehead atoms. The van der Waals surface area contributed by atoms with E-state index in [0.29, 0.717) is 39.9 Å². The fourth-order valence-corrected chi connectivity index (χ4v) is 2.83. The van der Waals surface area contributed by atoms with Crippen LogP contribution in [0.2, 0.25) is 0 Å². The zero-order valence-electron chi connectivity index (χ0n) is 16.3. The van der Waals surface area contributed by atoms with Crippen LogP contribution in [0.5, 0.6) is 28.7 Å². The summed E-state index contributed by atoms with van der Waals surface area (Å²) < 4.78 is 26.9. The van der Waals surface area contributed by atoms with Crippen molar-refractivity contribution in [3.63, 3.8) is 0 Å². The molecule has 1 aliphatic heterocycles. The second-order valence-electron chi connectivity index (χ2n) is 6.15. The van der Waals surface area contributed by atoms with Crippen molar-refractivity contribution >= 4 is 17.8 Å². The van der Waals surface area contributed by atoms with Gasteiger partial charge in [-0.25, -0.2) is 4.79 Å². The number of Topliss-reactive ketones (excluding diaryl/α,β-unsaturated/α-hetero) is 1. The zero-order valence-corrected chi connectivity index (χ0v) is 16.3. The minimum Gasteiger partial charge on any atom is -0.493 e. The van der Waals surface area contributed by atoms with Crippen LogP contribution in [0.4, 0.5) is 0 Å². The number of rotatable bonds is 7. The molecule has 1 atom stereocenters. The van der Waals surface area contributed by atoms with Crippen molar-refractivity contribution in [3.05, 3.63) is 47.2 Å². The lowest BCUT2D eigenvalue weighted by Gasteiger charge is -2.13. The molecular formula is C21H20O8. The first-order chi connectivity index (χ1) is 13.9. The van der Waals surface area contributed by atoms with Crippen molar-refractivity contribution in [1.29, 1.82) is 0 Å². The van der Waals surface area contributed by atoms with Crippen LogP contribution in [0.3, 0.4) is 0 Å². The number of ketones is 1. The molecule has 3 rings (SSSR count). The molecule has 0 unspecified atom stereocenters. The number of carbonyl (C=O) groups excluding carboxylic acids is 1. The van der Waals surface area contributed by atoms with Crippen LogP contribution < -0.4 is 23.7 Å². The van der Waals surface area contributed by atoms with Gasteiger partial charge in [-0.05, 0) is 42.8 Å². The number of carboxylic acids is 1. The van der Waals surface area contributed by atoms with E-state index < -0.39 is 12.1 Å². The van der Waals surface area contributed by atoms with Gasteiger partial charge in [-0.1, -0.05) is 0 Å². The third-order valence-electron chi connectivity index (χ3n) is 4.29. The number of allylic oxidation sites excluding steroid dienone is 1. The van der Waals surface area contributed by atoms with Gasteiger partial charge in [-0.3, -0.25) is 4.79 Å². The highest BCUT2D eigenvalue weighted by Gasteiger charge is 2.28. The molecule has 1 N–H and O–H groups in total. The molecule has 0 radical (unpaired) electrons. The second kappa shape index (κ2) is 8.14. The lowest BCUT2D eigenvalue weighted by Crippen LogP contribution is -2.22. The van der Waals surface area contributed by atoms with Crippen LogP contribution in [0.15, 0.2) is 36.1 Å². The van der Waals surface area contributed by atoms with Crippen LogP contribution in [0, 0.1) is 0 Å². The number of carboxylic acid groups (broad SMARTS) is 1. The second-order valence-corrected chi connectivity index (χ2v) is 6.15. The largest absolute Gasteiger partial charge is 0.493 e. The Morgan fingerprint density at radius 2 is 1.72 bits per heavy atom. The summed E-state index contributed by atoms with van der Waals surface area (Å²) in [5.74, 6) is 0.632. The van der Waals surface area contributed by atoms with E-state index in [1.807, 2.05) is 0 Å². The Labute approximate surface area is 167 Å². The first kappa shape index (κ1) is 20.1. The molecule has 0 saturated carbocycles. The number of aliphatic carboxylic acids is 1. The molecular weight excluding hydrogens is 380 g/mol. The fourth-order valence-electron chi connectivity index (χ4n) is 2.83. The van der Waals surface area contributed by atoms with Crippen molar-refractivity contribution in [1.82, 2.24) is 0 Å². The molecule has 0 spiro atoms. The first-order valence-corrected chi connectivity index (χ1v) is 8.65. The van der Waals surface area contributed by atoms with Gasteiger partial charge >= 0.3 is 5.97 Å². The van der Waals surface area contributed by atoms with Crippen molar-refractivity contribution in [3.8, 4) is 28.7 Å². The Morgan fingerprint density at radius 3 is 2.28 bits per heavy atom. The van der Waals surface area contributed by atoms with Gasteiger partial charge in [0.15, 0.2) is 23.4 Å². The monoisotopic (exact) mass is 400 g/mol. The standard InChI is InChI=1S/C21H20O8/c1-11(21(23)24)28-13-5-6-14-15(10-13)29-16(19(14)22)7-12-8-17(25-2)20(27-4)18(9-12)26-3/h5-11H,1-4H3,(H,23,24)/t11-/m1/s1.